The third kappa shape index (κ3) is 4.53. The first kappa shape index (κ1) is 25.5. The zero-order valence-electron chi connectivity index (χ0n) is 23.0. The van der Waals surface area contributed by atoms with Gasteiger partial charge in [-0.15, -0.1) is 0 Å². The van der Waals surface area contributed by atoms with Gasteiger partial charge in [-0.1, -0.05) is 56.3 Å². The summed E-state index contributed by atoms with van der Waals surface area (Å²) in [4.78, 5) is 16.1. The predicted octanol–water partition coefficient (Wildman–Crippen LogP) is 6.93. The summed E-state index contributed by atoms with van der Waals surface area (Å²) in [5.74, 6) is 1.70. The third-order valence-corrected chi connectivity index (χ3v) is 7.59. The molecule has 3 heterocycles. The molecule has 7 heteroatoms. The van der Waals surface area contributed by atoms with Crippen LogP contribution >= 0.6 is 0 Å². The Kier molecular flexibility index (Phi) is 6.86. The maximum absolute atomic E-state index is 14.2. The number of rotatable bonds is 6. The van der Waals surface area contributed by atoms with E-state index in [-0.39, 0.29) is 12.1 Å². The van der Waals surface area contributed by atoms with E-state index < -0.39 is 0 Å². The summed E-state index contributed by atoms with van der Waals surface area (Å²) in [6, 6.07) is 29.8. The molecule has 7 nitrogen and oxygen atoms in total. The standard InChI is InChI=1S/C33H33N5O2/c1-4-23-16-18-25(19-17-23)34-33(39)37-22-28-29(5-2)35-38(26-12-7-6-8-13-26)32(28)36-20-10-15-30(36)31(37)24-11-9-14-27(21-24)40-3/h6-21,31H,4-5,22H2,1-3H3,(H,34,39)/t31-/m1/s1. The number of nitrogens with one attached hydrogen (secondary N) is 1. The van der Waals surface area contributed by atoms with Crippen LogP contribution in [-0.2, 0) is 19.4 Å². The summed E-state index contributed by atoms with van der Waals surface area (Å²) in [5, 5.41) is 8.21. The number of aryl methyl sites for hydroxylation is 2. The summed E-state index contributed by atoms with van der Waals surface area (Å²) in [7, 11) is 1.66. The molecule has 0 bridgehead atoms. The Bertz CT molecular complexity index is 1640. The van der Waals surface area contributed by atoms with Crippen molar-refractivity contribution in [1.29, 1.82) is 0 Å². The Labute approximate surface area is 234 Å². The van der Waals surface area contributed by atoms with Crippen molar-refractivity contribution in [3.8, 4) is 17.3 Å². The van der Waals surface area contributed by atoms with Crippen LogP contribution in [0.25, 0.3) is 11.5 Å². The fourth-order valence-electron chi connectivity index (χ4n) is 5.53. The average Bonchev–Trinajstić information content (AvgIpc) is 3.59. The Hall–Kier alpha value is -4.78. The van der Waals surface area contributed by atoms with Crippen LogP contribution in [0.1, 0.15) is 48.0 Å². The second kappa shape index (κ2) is 10.8. The molecule has 1 aliphatic rings. The van der Waals surface area contributed by atoms with Gasteiger partial charge in [0, 0.05) is 17.4 Å². The smallest absolute Gasteiger partial charge is 0.322 e. The van der Waals surface area contributed by atoms with Crippen molar-refractivity contribution in [2.75, 3.05) is 12.4 Å². The van der Waals surface area contributed by atoms with Gasteiger partial charge in [0.1, 0.15) is 11.6 Å². The topological polar surface area (TPSA) is 64.3 Å². The fourth-order valence-corrected chi connectivity index (χ4v) is 5.53. The molecule has 6 rings (SSSR count). The number of ether oxygens (including phenoxy) is 1. The highest BCUT2D eigenvalue weighted by Gasteiger charge is 2.36. The summed E-state index contributed by atoms with van der Waals surface area (Å²) in [6.07, 6.45) is 3.76. The number of aromatic nitrogens is 3. The maximum atomic E-state index is 14.2. The monoisotopic (exact) mass is 531 g/mol. The molecule has 0 saturated heterocycles. The van der Waals surface area contributed by atoms with Crippen molar-refractivity contribution >= 4 is 11.7 Å². The summed E-state index contributed by atoms with van der Waals surface area (Å²) in [6.45, 7) is 4.63. The molecule has 1 N–H and O–H groups in total. The molecule has 0 aliphatic carbocycles. The SMILES string of the molecule is CCc1ccc(NC(=O)N2Cc3c(CC)nn(-c4ccccc4)c3-n3cccc3[C@H]2c2cccc(OC)c2)cc1. The van der Waals surface area contributed by atoms with Crippen LogP contribution in [-0.4, -0.2) is 32.4 Å². The molecule has 202 valence electrons. The van der Waals surface area contributed by atoms with Crippen molar-refractivity contribution in [1.82, 2.24) is 19.2 Å². The molecule has 5 aromatic rings. The zero-order chi connectivity index (χ0) is 27.6. The first-order valence-electron chi connectivity index (χ1n) is 13.8. The molecule has 0 unspecified atom stereocenters. The van der Waals surface area contributed by atoms with Crippen LogP contribution in [0.3, 0.4) is 0 Å². The highest BCUT2D eigenvalue weighted by atomic mass is 16.5. The van der Waals surface area contributed by atoms with Gasteiger partial charge in [0.05, 0.1) is 36.8 Å². The van der Waals surface area contributed by atoms with Crippen molar-refractivity contribution in [2.45, 2.75) is 39.3 Å². The molecule has 0 radical (unpaired) electrons. The maximum Gasteiger partial charge on any atom is 0.322 e. The number of para-hydroxylation sites is 1. The van der Waals surface area contributed by atoms with E-state index in [9.17, 15) is 4.79 Å². The van der Waals surface area contributed by atoms with E-state index in [2.05, 4.69) is 66.3 Å². The number of amides is 2. The highest BCUT2D eigenvalue weighted by molar-refractivity contribution is 5.90. The number of nitrogens with zero attached hydrogens (tertiary/aromatic N) is 4. The van der Waals surface area contributed by atoms with E-state index in [4.69, 9.17) is 9.84 Å². The van der Waals surface area contributed by atoms with Crippen molar-refractivity contribution in [2.24, 2.45) is 0 Å². The minimum absolute atomic E-state index is 0.174. The molecular formula is C33H33N5O2. The number of carbonyl (C=O) groups excluding carboxylic acids is 1. The third-order valence-electron chi connectivity index (χ3n) is 7.59. The minimum Gasteiger partial charge on any atom is -0.497 e. The Balaban J connectivity index is 1.53. The van der Waals surface area contributed by atoms with Gasteiger partial charge in [-0.3, -0.25) is 0 Å². The zero-order valence-corrected chi connectivity index (χ0v) is 23.0. The molecule has 1 aliphatic heterocycles. The van der Waals surface area contributed by atoms with Crippen LogP contribution in [0, 0.1) is 0 Å². The van der Waals surface area contributed by atoms with Crippen LogP contribution in [0.4, 0.5) is 10.5 Å². The van der Waals surface area contributed by atoms with Crippen LogP contribution < -0.4 is 10.1 Å². The Morgan fingerprint density at radius 2 is 1.75 bits per heavy atom. The van der Waals surface area contributed by atoms with Gasteiger partial charge >= 0.3 is 6.03 Å². The van der Waals surface area contributed by atoms with Gasteiger partial charge in [-0.25, -0.2) is 9.48 Å². The van der Waals surface area contributed by atoms with Gasteiger partial charge < -0.3 is 19.5 Å². The highest BCUT2D eigenvalue weighted by Crippen LogP contribution is 2.39. The van der Waals surface area contributed by atoms with E-state index in [0.717, 1.165) is 58.3 Å². The second-order valence-corrected chi connectivity index (χ2v) is 9.94. The largest absolute Gasteiger partial charge is 0.497 e. The Morgan fingerprint density at radius 1 is 0.950 bits per heavy atom. The number of hydrogen-bond acceptors (Lipinski definition) is 3. The van der Waals surface area contributed by atoms with Crippen molar-refractivity contribution < 1.29 is 9.53 Å². The van der Waals surface area contributed by atoms with E-state index in [1.165, 1.54) is 5.56 Å². The lowest BCUT2D eigenvalue weighted by Crippen LogP contribution is -2.38. The molecule has 2 amide bonds. The van der Waals surface area contributed by atoms with E-state index >= 15 is 0 Å². The van der Waals surface area contributed by atoms with Crippen molar-refractivity contribution in [3.05, 3.63) is 125 Å². The van der Waals surface area contributed by atoms with Crippen LogP contribution in [0.5, 0.6) is 5.75 Å². The number of fused-ring (bicyclic) bond motifs is 3. The van der Waals surface area contributed by atoms with Gasteiger partial charge in [0.15, 0.2) is 0 Å². The molecule has 0 saturated carbocycles. The van der Waals surface area contributed by atoms with Gasteiger partial charge in [0.2, 0.25) is 0 Å². The van der Waals surface area contributed by atoms with E-state index in [0.29, 0.717) is 6.54 Å². The fraction of sp³-hybridized carbons (Fsp3) is 0.212. The number of hydrogen-bond donors (Lipinski definition) is 1. The van der Waals surface area contributed by atoms with Crippen LogP contribution in [0.15, 0.2) is 97.2 Å². The van der Waals surface area contributed by atoms with Crippen LogP contribution in [0.2, 0.25) is 0 Å². The Morgan fingerprint density at radius 3 is 2.48 bits per heavy atom. The summed E-state index contributed by atoms with van der Waals surface area (Å²) >= 11 is 0. The quantitative estimate of drug-likeness (QED) is 0.258. The first-order valence-corrected chi connectivity index (χ1v) is 13.8. The molecule has 0 spiro atoms. The van der Waals surface area contributed by atoms with E-state index in [1.54, 1.807) is 7.11 Å². The predicted molar refractivity (Wildman–Crippen MR) is 157 cm³/mol. The molecule has 40 heavy (non-hydrogen) atoms. The number of carbonyl (C=O) groups is 1. The van der Waals surface area contributed by atoms with Crippen molar-refractivity contribution in [3.63, 3.8) is 0 Å². The number of urea groups is 1. The molecule has 1 atom stereocenters. The normalized spacial score (nSPS) is 14.3. The second-order valence-electron chi connectivity index (χ2n) is 9.94. The lowest BCUT2D eigenvalue weighted by molar-refractivity contribution is 0.194. The van der Waals surface area contributed by atoms with Gasteiger partial charge in [-0.2, -0.15) is 5.10 Å². The number of anilines is 1. The minimum atomic E-state index is -0.360. The average molecular weight is 532 g/mol. The number of methoxy groups -OCH3 is 1. The first-order chi connectivity index (χ1) is 19.6. The van der Waals surface area contributed by atoms with Gasteiger partial charge in [-0.05, 0) is 72.5 Å². The molecular weight excluding hydrogens is 498 g/mol. The molecule has 0 fully saturated rings. The van der Waals surface area contributed by atoms with Gasteiger partial charge in [0.25, 0.3) is 0 Å². The summed E-state index contributed by atoms with van der Waals surface area (Å²) < 4.78 is 9.77. The number of benzene rings is 3. The summed E-state index contributed by atoms with van der Waals surface area (Å²) in [5.41, 5.74) is 6.92. The lowest BCUT2D eigenvalue weighted by Gasteiger charge is -2.31. The molecule has 3 aromatic carbocycles. The lowest BCUT2D eigenvalue weighted by atomic mass is 10.0. The van der Waals surface area contributed by atoms with E-state index in [1.807, 2.05) is 64.2 Å². The molecule has 2 aromatic heterocycles.